The van der Waals surface area contributed by atoms with E-state index in [0.29, 0.717) is 16.5 Å². The van der Waals surface area contributed by atoms with Gasteiger partial charge in [-0.1, -0.05) is 35.4 Å². The molecule has 104 valence electrons. The van der Waals surface area contributed by atoms with E-state index in [9.17, 15) is 4.39 Å². The van der Waals surface area contributed by atoms with Crippen molar-refractivity contribution in [1.82, 2.24) is 5.32 Å². The summed E-state index contributed by atoms with van der Waals surface area (Å²) in [6.45, 7) is 2.86. The Bertz CT molecular complexity index is 473. The number of hydrogen-bond acceptors (Lipinski definition) is 1. The van der Waals surface area contributed by atoms with Crippen molar-refractivity contribution in [3.05, 3.63) is 45.7 Å². The van der Waals surface area contributed by atoms with Gasteiger partial charge in [-0.25, -0.2) is 4.39 Å². The van der Waals surface area contributed by atoms with Gasteiger partial charge in [0.05, 0.1) is 5.02 Å². The van der Waals surface area contributed by atoms with E-state index in [4.69, 9.17) is 23.2 Å². The minimum atomic E-state index is -0.421. The third-order valence-electron chi connectivity index (χ3n) is 3.60. The molecular weight excluding hydrogens is 284 g/mol. The first-order valence-corrected chi connectivity index (χ1v) is 7.37. The molecule has 0 saturated carbocycles. The summed E-state index contributed by atoms with van der Waals surface area (Å²) < 4.78 is 13.5. The van der Waals surface area contributed by atoms with Gasteiger partial charge < -0.3 is 5.32 Å². The number of halogens is 3. The van der Waals surface area contributed by atoms with Gasteiger partial charge in [0.15, 0.2) is 0 Å². The summed E-state index contributed by atoms with van der Waals surface area (Å²) >= 11 is 12.1. The third-order valence-corrected chi connectivity index (χ3v) is 4.32. The lowest BCUT2D eigenvalue weighted by atomic mass is 9.94. The second-order valence-electron chi connectivity index (χ2n) is 5.04. The van der Waals surface area contributed by atoms with Crippen molar-refractivity contribution in [3.63, 3.8) is 0 Å². The van der Waals surface area contributed by atoms with Crippen LogP contribution in [0.2, 0.25) is 10.0 Å². The average Bonchev–Trinajstić information content (AvgIpc) is 2.42. The van der Waals surface area contributed by atoms with Gasteiger partial charge >= 0.3 is 0 Å². The van der Waals surface area contributed by atoms with Crippen LogP contribution in [-0.2, 0) is 0 Å². The highest BCUT2D eigenvalue weighted by Gasteiger charge is 2.18. The Morgan fingerprint density at radius 2 is 2.16 bits per heavy atom. The first-order valence-electron chi connectivity index (χ1n) is 6.61. The highest BCUT2D eigenvalue weighted by atomic mass is 35.5. The predicted molar refractivity (Wildman–Crippen MR) is 79.3 cm³/mol. The fourth-order valence-electron chi connectivity index (χ4n) is 2.43. The second-order valence-corrected chi connectivity index (χ2v) is 5.82. The maximum atomic E-state index is 13.5. The minimum Gasteiger partial charge on any atom is -0.310 e. The van der Waals surface area contributed by atoms with Crippen molar-refractivity contribution in [2.75, 3.05) is 6.54 Å². The Labute approximate surface area is 123 Å². The molecule has 0 aromatic heterocycles. The van der Waals surface area contributed by atoms with Crippen molar-refractivity contribution >= 4 is 23.2 Å². The van der Waals surface area contributed by atoms with Crippen LogP contribution in [0.4, 0.5) is 4.39 Å². The van der Waals surface area contributed by atoms with E-state index >= 15 is 0 Å². The molecule has 1 aromatic carbocycles. The first-order chi connectivity index (χ1) is 9.09. The second kappa shape index (κ2) is 6.74. The smallest absolute Gasteiger partial charge is 0.142 e. The lowest BCUT2D eigenvalue weighted by Crippen LogP contribution is -2.26. The lowest BCUT2D eigenvalue weighted by molar-refractivity contribution is 0.415. The number of hydrogen-bond donors (Lipinski definition) is 1. The standard InChI is InChI=1S/C15H18Cl2FN/c1-10(19-9-11-5-3-2-4-6-11)14-12(16)7-8-13(18)15(14)17/h2-3,7-8,10-11,19H,4-6,9H2,1H3. The van der Waals surface area contributed by atoms with Crippen LogP contribution in [0.1, 0.15) is 37.8 Å². The molecule has 19 heavy (non-hydrogen) atoms. The molecule has 0 amide bonds. The Morgan fingerprint density at radius 3 is 2.84 bits per heavy atom. The van der Waals surface area contributed by atoms with Crippen molar-refractivity contribution in [3.8, 4) is 0 Å². The van der Waals surface area contributed by atoms with Gasteiger partial charge in [-0.05, 0) is 50.8 Å². The maximum Gasteiger partial charge on any atom is 0.142 e. The van der Waals surface area contributed by atoms with E-state index in [1.807, 2.05) is 6.92 Å². The predicted octanol–water partition coefficient (Wildman–Crippen LogP) is 5.14. The normalized spacial score (nSPS) is 20.5. The van der Waals surface area contributed by atoms with Crippen LogP contribution >= 0.6 is 23.2 Å². The maximum absolute atomic E-state index is 13.5. The van der Waals surface area contributed by atoms with Crippen LogP contribution < -0.4 is 5.32 Å². The summed E-state index contributed by atoms with van der Waals surface area (Å²) in [5.74, 6) is 0.217. The van der Waals surface area contributed by atoms with E-state index < -0.39 is 5.82 Å². The average molecular weight is 302 g/mol. The molecule has 1 nitrogen and oxygen atoms in total. The molecule has 0 fully saturated rings. The number of nitrogens with one attached hydrogen (secondary N) is 1. The summed E-state index contributed by atoms with van der Waals surface area (Å²) in [7, 11) is 0. The highest BCUT2D eigenvalue weighted by molar-refractivity contribution is 6.36. The molecule has 1 aromatic rings. The zero-order chi connectivity index (χ0) is 13.8. The van der Waals surface area contributed by atoms with E-state index in [1.54, 1.807) is 6.07 Å². The van der Waals surface area contributed by atoms with Crippen LogP contribution in [0.3, 0.4) is 0 Å². The molecule has 0 heterocycles. The molecule has 2 atom stereocenters. The SMILES string of the molecule is CC(NCC1CC=CCC1)c1c(Cl)ccc(F)c1Cl. The number of rotatable bonds is 4. The number of allylic oxidation sites excluding steroid dienone is 2. The van der Waals surface area contributed by atoms with E-state index in [1.165, 1.54) is 12.5 Å². The van der Waals surface area contributed by atoms with Crippen LogP contribution in [0.5, 0.6) is 0 Å². The molecule has 2 rings (SSSR count). The molecule has 2 unspecified atom stereocenters. The Morgan fingerprint density at radius 1 is 1.37 bits per heavy atom. The van der Waals surface area contributed by atoms with Crippen molar-refractivity contribution in [1.29, 1.82) is 0 Å². The number of benzene rings is 1. The molecule has 4 heteroatoms. The van der Waals surface area contributed by atoms with Gasteiger partial charge in [-0.15, -0.1) is 0 Å². The van der Waals surface area contributed by atoms with E-state index in [-0.39, 0.29) is 11.1 Å². The van der Waals surface area contributed by atoms with Crippen LogP contribution in [0.25, 0.3) is 0 Å². The first kappa shape index (κ1) is 14.8. The molecule has 0 spiro atoms. The quantitative estimate of drug-likeness (QED) is 0.600. The molecule has 1 aliphatic rings. The van der Waals surface area contributed by atoms with Crippen LogP contribution in [-0.4, -0.2) is 6.54 Å². The summed E-state index contributed by atoms with van der Waals surface area (Å²) in [6.07, 6.45) is 7.89. The summed E-state index contributed by atoms with van der Waals surface area (Å²) in [6, 6.07) is 2.80. The van der Waals surface area contributed by atoms with Gasteiger partial charge in [0, 0.05) is 16.6 Å². The van der Waals surface area contributed by atoms with Crippen LogP contribution in [0.15, 0.2) is 24.3 Å². The molecule has 0 radical (unpaired) electrons. The lowest BCUT2D eigenvalue weighted by Gasteiger charge is -2.23. The van der Waals surface area contributed by atoms with Gasteiger partial charge in [-0.3, -0.25) is 0 Å². The molecule has 0 aliphatic heterocycles. The summed E-state index contributed by atoms with van der Waals surface area (Å²) in [5, 5.41) is 4.04. The van der Waals surface area contributed by atoms with Gasteiger partial charge in [0.25, 0.3) is 0 Å². The highest BCUT2D eigenvalue weighted by Crippen LogP contribution is 2.32. The Hall–Kier alpha value is -0.570. The fourth-order valence-corrected chi connectivity index (χ4v) is 3.12. The zero-order valence-corrected chi connectivity index (χ0v) is 12.4. The fraction of sp³-hybridized carbons (Fsp3) is 0.467. The summed E-state index contributed by atoms with van der Waals surface area (Å²) in [4.78, 5) is 0. The van der Waals surface area contributed by atoms with Crippen molar-refractivity contribution in [2.24, 2.45) is 5.92 Å². The third kappa shape index (κ3) is 3.71. The van der Waals surface area contributed by atoms with E-state index in [0.717, 1.165) is 19.4 Å². The van der Waals surface area contributed by atoms with Crippen molar-refractivity contribution in [2.45, 2.75) is 32.2 Å². The Balaban J connectivity index is 2.01. The molecule has 1 aliphatic carbocycles. The van der Waals surface area contributed by atoms with Crippen LogP contribution in [0, 0.1) is 11.7 Å². The Kier molecular flexibility index (Phi) is 5.26. The van der Waals surface area contributed by atoms with Gasteiger partial charge in [-0.2, -0.15) is 0 Å². The topological polar surface area (TPSA) is 12.0 Å². The molecule has 0 bridgehead atoms. The van der Waals surface area contributed by atoms with Gasteiger partial charge in [0.1, 0.15) is 5.82 Å². The minimum absolute atomic E-state index is 0.0541. The molecular formula is C15H18Cl2FN. The van der Waals surface area contributed by atoms with E-state index in [2.05, 4.69) is 17.5 Å². The zero-order valence-electron chi connectivity index (χ0n) is 10.9. The monoisotopic (exact) mass is 301 g/mol. The van der Waals surface area contributed by atoms with Crippen molar-refractivity contribution < 1.29 is 4.39 Å². The largest absolute Gasteiger partial charge is 0.310 e. The van der Waals surface area contributed by atoms with Gasteiger partial charge in [0.2, 0.25) is 0 Å². The summed E-state index contributed by atoms with van der Waals surface area (Å²) in [5.41, 5.74) is 0.648. The molecule has 1 N–H and O–H groups in total. The molecule has 0 saturated heterocycles.